The Bertz CT molecular complexity index is 974. The number of carbonyl (C=O) groups excluding carboxylic acids is 2. The molecule has 3 aliphatic rings. The Hall–Kier alpha value is -3.15. The van der Waals surface area contributed by atoms with Crippen LogP contribution in [0.5, 0.6) is 5.75 Å². The monoisotopic (exact) mass is 403 g/mol. The molecule has 0 radical (unpaired) electrons. The van der Waals surface area contributed by atoms with Gasteiger partial charge in [-0.15, -0.1) is 0 Å². The minimum Gasteiger partial charge on any atom is -0.490 e. The van der Waals surface area contributed by atoms with Crippen LogP contribution in [0.3, 0.4) is 0 Å². The molecule has 2 fully saturated rings. The van der Waals surface area contributed by atoms with Crippen LogP contribution in [0.4, 0.5) is 5.82 Å². The number of anilines is 1. The van der Waals surface area contributed by atoms with E-state index in [1.807, 2.05) is 47.4 Å². The van der Waals surface area contributed by atoms with Gasteiger partial charge in [0, 0.05) is 31.8 Å². The van der Waals surface area contributed by atoms with Crippen molar-refractivity contribution >= 4 is 23.7 Å². The second-order valence-electron chi connectivity index (χ2n) is 8.45. The van der Waals surface area contributed by atoms with Gasteiger partial charge in [-0.3, -0.25) is 9.59 Å². The summed E-state index contributed by atoms with van der Waals surface area (Å²) in [5, 5.41) is 2.78. The molecule has 3 atom stereocenters. The van der Waals surface area contributed by atoms with E-state index in [0.29, 0.717) is 30.5 Å². The predicted molar refractivity (Wildman–Crippen MR) is 114 cm³/mol. The largest absolute Gasteiger partial charge is 0.490 e. The van der Waals surface area contributed by atoms with Gasteiger partial charge in [-0.25, -0.2) is 4.98 Å². The molecule has 5 rings (SSSR count). The molecule has 1 aromatic heterocycles. The number of amides is 2. The van der Waals surface area contributed by atoms with E-state index < -0.39 is 0 Å². The highest BCUT2D eigenvalue weighted by atomic mass is 16.5. The van der Waals surface area contributed by atoms with Crippen LogP contribution < -0.4 is 10.1 Å². The third-order valence-electron chi connectivity index (χ3n) is 6.35. The number of hydrogen-bond donors (Lipinski definition) is 1. The summed E-state index contributed by atoms with van der Waals surface area (Å²) in [4.78, 5) is 30.4. The van der Waals surface area contributed by atoms with Crippen molar-refractivity contribution in [1.29, 1.82) is 0 Å². The fourth-order valence-corrected chi connectivity index (χ4v) is 4.85. The first-order chi connectivity index (χ1) is 14.6. The highest BCUT2D eigenvalue weighted by molar-refractivity contribution is 5.94. The average molecular weight is 403 g/mol. The highest BCUT2D eigenvalue weighted by Gasteiger charge is 2.42. The van der Waals surface area contributed by atoms with Crippen LogP contribution in [0.1, 0.15) is 30.4 Å². The Morgan fingerprint density at radius 1 is 1.13 bits per heavy atom. The van der Waals surface area contributed by atoms with Gasteiger partial charge in [-0.05, 0) is 66.5 Å². The minimum atomic E-state index is 0.00413. The molecule has 2 amide bonds. The molecule has 3 heterocycles. The van der Waals surface area contributed by atoms with Crippen molar-refractivity contribution in [2.45, 2.75) is 31.8 Å². The van der Waals surface area contributed by atoms with Crippen molar-refractivity contribution < 1.29 is 14.3 Å². The number of aromatic nitrogens is 1. The molecular formula is C24H25N3O3. The van der Waals surface area contributed by atoms with E-state index in [1.165, 1.54) is 0 Å². The van der Waals surface area contributed by atoms with Crippen molar-refractivity contribution in [2.75, 3.05) is 18.4 Å². The minimum absolute atomic E-state index is 0.00413. The average Bonchev–Trinajstić information content (AvgIpc) is 3.31. The van der Waals surface area contributed by atoms with Crippen LogP contribution in [-0.4, -0.2) is 40.9 Å². The van der Waals surface area contributed by atoms with Crippen LogP contribution in [0, 0.1) is 11.8 Å². The summed E-state index contributed by atoms with van der Waals surface area (Å²) in [6, 6.07) is 12.0. The second kappa shape index (κ2) is 7.94. The van der Waals surface area contributed by atoms with Gasteiger partial charge < -0.3 is 15.0 Å². The van der Waals surface area contributed by atoms with Crippen molar-refractivity contribution in [3.8, 4) is 5.75 Å². The molecular weight excluding hydrogens is 378 g/mol. The zero-order chi connectivity index (χ0) is 20.5. The van der Waals surface area contributed by atoms with Gasteiger partial charge in [0.25, 0.3) is 0 Å². The number of benzene rings is 1. The van der Waals surface area contributed by atoms with Crippen LogP contribution in [0.25, 0.3) is 6.08 Å². The topological polar surface area (TPSA) is 71.5 Å². The normalized spacial score (nSPS) is 25.1. The molecule has 30 heavy (non-hydrogen) atoms. The third kappa shape index (κ3) is 3.95. The van der Waals surface area contributed by atoms with Gasteiger partial charge in [-0.1, -0.05) is 18.2 Å². The summed E-state index contributed by atoms with van der Waals surface area (Å²) < 4.78 is 6.11. The molecule has 0 bridgehead atoms. The maximum atomic E-state index is 12.7. The number of para-hydroxylation sites is 1. The molecule has 154 valence electrons. The van der Waals surface area contributed by atoms with Crippen molar-refractivity contribution in [3.05, 3.63) is 59.8 Å². The number of rotatable bonds is 4. The molecule has 1 aliphatic carbocycles. The molecule has 6 heteroatoms. The predicted octanol–water partition coefficient (Wildman–Crippen LogP) is 3.30. The first-order valence-corrected chi connectivity index (χ1v) is 10.6. The van der Waals surface area contributed by atoms with E-state index in [2.05, 4.69) is 10.3 Å². The molecule has 1 aromatic carbocycles. The maximum absolute atomic E-state index is 12.7. The van der Waals surface area contributed by atoms with Crippen molar-refractivity contribution in [2.24, 2.45) is 11.8 Å². The smallest absolute Gasteiger partial charge is 0.246 e. The molecule has 2 aromatic rings. The first kappa shape index (κ1) is 18.9. The van der Waals surface area contributed by atoms with Crippen LogP contribution in [0.2, 0.25) is 0 Å². The molecule has 1 N–H and O–H groups in total. The lowest BCUT2D eigenvalue weighted by atomic mass is 10.0. The molecule has 6 nitrogen and oxygen atoms in total. The fourth-order valence-electron chi connectivity index (χ4n) is 4.85. The van der Waals surface area contributed by atoms with Gasteiger partial charge in [0.15, 0.2) is 0 Å². The van der Waals surface area contributed by atoms with E-state index in [9.17, 15) is 9.59 Å². The number of aryl methyl sites for hydroxylation is 1. The van der Waals surface area contributed by atoms with Crippen LogP contribution in [0.15, 0.2) is 48.7 Å². The van der Waals surface area contributed by atoms with Crippen molar-refractivity contribution in [3.63, 3.8) is 0 Å². The number of nitrogens with one attached hydrogen (secondary N) is 1. The Balaban J connectivity index is 1.16. The summed E-state index contributed by atoms with van der Waals surface area (Å²) in [6.07, 6.45) is 8.58. The molecule has 0 spiro atoms. The lowest BCUT2D eigenvalue weighted by molar-refractivity contribution is -0.125. The third-order valence-corrected chi connectivity index (χ3v) is 6.35. The van der Waals surface area contributed by atoms with Crippen LogP contribution >= 0.6 is 0 Å². The number of nitrogens with zero attached hydrogens (tertiary/aromatic N) is 2. The van der Waals surface area contributed by atoms with E-state index in [0.717, 1.165) is 42.8 Å². The number of likely N-dealkylation sites (tertiary alicyclic amines) is 1. The Labute approximate surface area is 175 Å². The Morgan fingerprint density at radius 3 is 2.67 bits per heavy atom. The van der Waals surface area contributed by atoms with Gasteiger partial charge in [0.1, 0.15) is 11.6 Å². The number of ether oxygens (including phenoxy) is 1. The number of carbonyl (C=O) groups is 2. The summed E-state index contributed by atoms with van der Waals surface area (Å²) >= 11 is 0. The molecule has 1 saturated heterocycles. The first-order valence-electron chi connectivity index (χ1n) is 10.6. The Kier molecular flexibility index (Phi) is 4.99. The SMILES string of the molecule is O=C1CCc2cc(C=CC(=O)N3C[C@H]4CC(Oc5ccccc5)C[C@H]4C3)cnc2N1. The number of hydrogen-bond acceptors (Lipinski definition) is 4. The van der Waals surface area contributed by atoms with E-state index >= 15 is 0 Å². The number of pyridine rings is 1. The zero-order valence-electron chi connectivity index (χ0n) is 16.8. The Morgan fingerprint density at radius 2 is 1.90 bits per heavy atom. The van der Waals surface area contributed by atoms with E-state index in [4.69, 9.17) is 4.74 Å². The van der Waals surface area contributed by atoms with E-state index in [-0.39, 0.29) is 17.9 Å². The van der Waals surface area contributed by atoms with Gasteiger partial charge in [-0.2, -0.15) is 0 Å². The number of fused-ring (bicyclic) bond motifs is 2. The second-order valence-corrected chi connectivity index (χ2v) is 8.45. The standard InChI is InChI=1S/C24H25N3O3/c28-22-8-7-17-10-16(13-25-24(17)26-22)6-9-23(29)27-14-18-11-21(12-19(18)15-27)30-20-4-2-1-3-5-20/h1-6,9-10,13,18-19,21H,7-8,11-12,14-15H2,(H,25,26,28)/t18-,19+,21?. The fraction of sp³-hybridized carbons (Fsp3) is 0.375. The van der Waals surface area contributed by atoms with Crippen LogP contribution in [-0.2, 0) is 16.0 Å². The summed E-state index contributed by atoms with van der Waals surface area (Å²) in [5.74, 6) is 2.65. The molecule has 1 unspecified atom stereocenters. The maximum Gasteiger partial charge on any atom is 0.246 e. The van der Waals surface area contributed by atoms with Gasteiger partial charge in [0.2, 0.25) is 11.8 Å². The zero-order valence-corrected chi connectivity index (χ0v) is 16.8. The van der Waals surface area contributed by atoms with Gasteiger partial charge in [0.05, 0.1) is 6.10 Å². The van der Waals surface area contributed by atoms with Crippen molar-refractivity contribution in [1.82, 2.24) is 9.88 Å². The lowest BCUT2D eigenvalue weighted by Crippen LogP contribution is -2.29. The van der Waals surface area contributed by atoms with Gasteiger partial charge >= 0.3 is 0 Å². The van der Waals surface area contributed by atoms with E-state index in [1.54, 1.807) is 12.3 Å². The summed E-state index contributed by atoms with van der Waals surface area (Å²) in [5.41, 5.74) is 1.90. The lowest BCUT2D eigenvalue weighted by Gasteiger charge is -2.19. The summed E-state index contributed by atoms with van der Waals surface area (Å²) in [7, 11) is 0. The summed E-state index contributed by atoms with van der Waals surface area (Å²) in [6.45, 7) is 1.61. The molecule has 1 saturated carbocycles. The molecule has 2 aliphatic heterocycles. The highest BCUT2D eigenvalue weighted by Crippen LogP contribution is 2.39. The quantitative estimate of drug-likeness (QED) is 0.795.